The summed E-state index contributed by atoms with van der Waals surface area (Å²) in [6.45, 7) is 4.43. The Morgan fingerprint density at radius 2 is 1.94 bits per heavy atom. The van der Waals surface area contributed by atoms with Crippen LogP contribution in [0, 0.1) is 0 Å². The highest BCUT2D eigenvalue weighted by atomic mass is 35.5. The van der Waals surface area contributed by atoms with Crippen molar-refractivity contribution in [2.75, 3.05) is 33.2 Å². The van der Waals surface area contributed by atoms with E-state index < -0.39 is 0 Å². The highest BCUT2D eigenvalue weighted by molar-refractivity contribution is 6.31. The number of amides is 2. The molecule has 8 heteroatoms. The zero-order valence-corrected chi connectivity index (χ0v) is 18.2. The van der Waals surface area contributed by atoms with Gasteiger partial charge in [0.25, 0.3) is 0 Å². The maximum absolute atomic E-state index is 12.9. The van der Waals surface area contributed by atoms with E-state index in [0.717, 1.165) is 52.4 Å². The van der Waals surface area contributed by atoms with Gasteiger partial charge in [0.1, 0.15) is 5.82 Å². The molecule has 0 radical (unpaired) electrons. The summed E-state index contributed by atoms with van der Waals surface area (Å²) in [5.74, 6) is 0.800. The Balaban J connectivity index is 1.17. The highest BCUT2D eigenvalue weighted by Crippen LogP contribution is 2.24. The SMILES string of the molecule is CN(Cc1nc2ccccc2[nH]1)C(=O)N1CCN(Cc2c[nH]c3ccc(Cl)cc23)CC1. The van der Waals surface area contributed by atoms with Crippen LogP contribution in [0.1, 0.15) is 11.4 Å². The number of urea groups is 1. The number of halogens is 1. The molecule has 2 N–H and O–H groups in total. The molecule has 1 aliphatic heterocycles. The van der Waals surface area contributed by atoms with Gasteiger partial charge in [-0.1, -0.05) is 23.7 Å². The average molecular weight is 437 g/mol. The van der Waals surface area contributed by atoms with E-state index in [0.29, 0.717) is 19.6 Å². The summed E-state index contributed by atoms with van der Waals surface area (Å²) in [7, 11) is 1.83. The van der Waals surface area contributed by atoms with Crippen LogP contribution in [0.2, 0.25) is 5.02 Å². The number of rotatable bonds is 4. The van der Waals surface area contributed by atoms with Crippen LogP contribution in [0.25, 0.3) is 21.9 Å². The van der Waals surface area contributed by atoms with E-state index in [1.54, 1.807) is 4.90 Å². The minimum Gasteiger partial charge on any atom is -0.361 e. The van der Waals surface area contributed by atoms with Gasteiger partial charge < -0.3 is 19.8 Å². The fourth-order valence-corrected chi connectivity index (χ4v) is 4.41. The number of hydrogen-bond donors (Lipinski definition) is 2. The second kappa shape index (κ2) is 8.24. The summed E-state index contributed by atoms with van der Waals surface area (Å²) < 4.78 is 0. The third-order valence-electron chi connectivity index (χ3n) is 5.92. The zero-order chi connectivity index (χ0) is 21.4. The van der Waals surface area contributed by atoms with Crippen LogP contribution in [0.5, 0.6) is 0 Å². The van der Waals surface area contributed by atoms with E-state index >= 15 is 0 Å². The van der Waals surface area contributed by atoms with E-state index in [2.05, 4.69) is 26.0 Å². The molecule has 1 aliphatic rings. The maximum Gasteiger partial charge on any atom is 0.320 e. The third kappa shape index (κ3) is 4.11. The van der Waals surface area contributed by atoms with Gasteiger partial charge in [0, 0.05) is 61.9 Å². The Morgan fingerprint density at radius 1 is 1.13 bits per heavy atom. The number of carbonyl (C=O) groups is 1. The number of benzene rings is 2. The molecule has 1 saturated heterocycles. The predicted molar refractivity (Wildman–Crippen MR) is 123 cm³/mol. The van der Waals surface area contributed by atoms with Crippen molar-refractivity contribution in [2.45, 2.75) is 13.1 Å². The largest absolute Gasteiger partial charge is 0.361 e. The minimum absolute atomic E-state index is 0.0407. The lowest BCUT2D eigenvalue weighted by atomic mass is 10.1. The topological polar surface area (TPSA) is 71.3 Å². The molecule has 0 atom stereocenters. The molecule has 2 amide bonds. The summed E-state index contributed by atoms with van der Waals surface area (Å²) >= 11 is 6.17. The second-order valence-corrected chi connectivity index (χ2v) is 8.54. The highest BCUT2D eigenvalue weighted by Gasteiger charge is 2.24. The molecule has 2 aromatic heterocycles. The number of piperazine rings is 1. The van der Waals surface area contributed by atoms with E-state index in [1.165, 1.54) is 5.56 Å². The fraction of sp³-hybridized carbons (Fsp3) is 0.304. The van der Waals surface area contributed by atoms with Gasteiger partial charge in [-0.25, -0.2) is 9.78 Å². The molecular weight excluding hydrogens is 412 g/mol. The Hall–Kier alpha value is -3.03. The smallest absolute Gasteiger partial charge is 0.320 e. The molecule has 160 valence electrons. The van der Waals surface area contributed by atoms with Crippen LogP contribution in [0.4, 0.5) is 4.79 Å². The van der Waals surface area contributed by atoms with Gasteiger partial charge in [-0.05, 0) is 35.9 Å². The van der Waals surface area contributed by atoms with E-state index in [-0.39, 0.29) is 6.03 Å². The lowest BCUT2D eigenvalue weighted by Crippen LogP contribution is -2.51. The Morgan fingerprint density at radius 3 is 2.74 bits per heavy atom. The van der Waals surface area contributed by atoms with Gasteiger partial charge in [-0.15, -0.1) is 0 Å². The first-order valence-electron chi connectivity index (χ1n) is 10.5. The van der Waals surface area contributed by atoms with Crippen LogP contribution in [-0.4, -0.2) is 68.9 Å². The molecule has 0 saturated carbocycles. The molecule has 5 rings (SSSR count). The number of nitrogens with zero attached hydrogens (tertiary/aromatic N) is 4. The molecule has 0 aliphatic carbocycles. The summed E-state index contributed by atoms with van der Waals surface area (Å²) in [6.07, 6.45) is 2.06. The second-order valence-electron chi connectivity index (χ2n) is 8.11. The van der Waals surface area contributed by atoms with Gasteiger partial charge >= 0.3 is 6.03 Å². The Labute approximate surface area is 185 Å². The number of carbonyl (C=O) groups excluding carboxylic acids is 1. The molecule has 7 nitrogen and oxygen atoms in total. The maximum atomic E-state index is 12.9. The quantitative estimate of drug-likeness (QED) is 0.506. The lowest BCUT2D eigenvalue weighted by Gasteiger charge is -2.36. The summed E-state index contributed by atoms with van der Waals surface area (Å²) in [5, 5.41) is 1.91. The standard InChI is InChI=1S/C23H25ClN6O/c1-28(15-22-26-20-4-2-3-5-21(20)27-22)23(31)30-10-8-29(9-11-30)14-16-13-25-19-7-6-17(24)12-18(16)19/h2-7,12-13,25H,8-11,14-15H2,1H3,(H,26,27). The summed E-state index contributed by atoms with van der Waals surface area (Å²) in [6, 6.07) is 13.9. The van der Waals surface area contributed by atoms with Gasteiger partial charge in [0.2, 0.25) is 0 Å². The number of aromatic nitrogens is 3. The molecule has 1 fully saturated rings. The number of hydrogen-bond acceptors (Lipinski definition) is 3. The molecule has 4 aromatic rings. The summed E-state index contributed by atoms with van der Waals surface area (Å²) in [5.41, 5.74) is 4.25. The van der Waals surface area contributed by atoms with Crippen molar-refractivity contribution in [1.82, 2.24) is 29.7 Å². The van der Waals surface area contributed by atoms with Gasteiger partial charge in [-0.3, -0.25) is 4.90 Å². The molecule has 0 unspecified atom stereocenters. The zero-order valence-electron chi connectivity index (χ0n) is 17.4. The predicted octanol–water partition coefficient (Wildman–Crippen LogP) is 4.07. The normalized spacial score (nSPS) is 15.1. The number of aromatic amines is 2. The summed E-state index contributed by atoms with van der Waals surface area (Å²) in [4.78, 5) is 30.1. The van der Waals surface area contributed by atoms with Crippen molar-refractivity contribution in [1.29, 1.82) is 0 Å². The van der Waals surface area contributed by atoms with Crippen LogP contribution in [-0.2, 0) is 13.1 Å². The monoisotopic (exact) mass is 436 g/mol. The van der Waals surface area contributed by atoms with Crippen molar-refractivity contribution < 1.29 is 4.79 Å². The molecule has 0 spiro atoms. The van der Waals surface area contributed by atoms with Crippen molar-refractivity contribution in [3.63, 3.8) is 0 Å². The first kappa shape index (κ1) is 19.9. The average Bonchev–Trinajstić information content (AvgIpc) is 3.37. The van der Waals surface area contributed by atoms with Crippen LogP contribution < -0.4 is 0 Å². The van der Waals surface area contributed by atoms with Crippen LogP contribution >= 0.6 is 11.6 Å². The van der Waals surface area contributed by atoms with Crippen molar-refractivity contribution >= 4 is 39.6 Å². The van der Waals surface area contributed by atoms with Crippen LogP contribution in [0.3, 0.4) is 0 Å². The fourth-order valence-electron chi connectivity index (χ4n) is 4.23. The molecule has 31 heavy (non-hydrogen) atoms. The first-order chi connectivity index (χ1) is 15.1. The minimum atomic E-state index is 0.0407. The third-order valence-corrected chi connectivity index (χ3v) is 6.15. The molecule has 0 bridgehead atoms. The van der Waals surface area contributed by atoms with Crippen molar-refractivity contribution in [2.24, 2.45) is 0 Å². The molecule has 3 heterocycles. The van der Waals surface area contributed by atoms with Gasteiger partial charge in [0.05, 0.1) is 17.6 Å². The van der Waals surface area contributed by atoms with Gasteiger partial charge in [-0.2, -0.15) is 0 Å². The lowest BCUT2D eigenvalue weighted by molar-refractivity contribution is 0.114. The van der Waals surface area contributed by atoms with Gasteiger partial charge in [0.15, 0.2) is 0 Å². The Bertz CT molecular complexity index is 1190. The van der Waals surface area contributed by atoms with Crippen molar-refractivity contribution in [3.05, 3.63) is 65.1 Å². The van der Waals surface area contributed by atoms with E-state index in [4.69, 9.17) is 11.6 Å². The Kier molecular flexibility index (Phi) is 5.29. The molecular formula is C23H25ClN6O. The number of nitrogens with one attached hydrogen (secondary N) is 2. The van der Waals surface area contributed by atoms with E-state index in [1.807, 2.05) is 54.4 Å². The number of imidazole rings is 1. The van der Waals surface area contributed by atoms with Crippen molar-refractivity contribution in [3.8, 4) is 0 Å². The first-order valence-corrected chi connectivity index (χ1v) is 10.9. The number of fused-ring (bicyclic) bond motifs is 2. The number of H-pyrrole nitrogens is 2. The van der Waals surface area contributed by atoms with Crippen LogP contribution in [0.15, 0.2) is 48.7 Å². The molecule has 2 aromatic carbocycles. The number of para-hydroxylation sites is 2. The van der Waals surface area contributed by atoms with E-state index in [9.17, 15) is 4.79 Å².